The molecule has 38 heavy (non-hydrogen) atoms. The summed E-state index contributed by atoms with van der Waals surface area (Å²) in [5.74, 6) is -3.46. The Hall–Kier alpha value is -2.82. The smallest absolute Gasteiger partial charge is 0.234 e. The SMILES string of the molecule is COc1cc(Br)cc([C@H]2C3=CC[C@@H]4C(=O)N(Cc5cccs5)C(=O)[C@@H]4[C@@H]3CC3=C2C(=O)C=C(Br)C3=O)c1O. The average molecular weight is 659 g/mol. The summed E-state index contributed by atoms with van der Waals surface area (Å²) in [6.07, 6.45) is 3.71. The molecule has 1 fully saturated rings. The maximum Gasteiger partial charge on any atom is 0.234 e. The number of Topliss-reactive ketones (excluding diaryl/α,β-unsaturated/α-hetero) is 1. The number of phenolic OH excluding ortho intramolecular Hbond substituents is 1. The van der Waals surface area contributed by atoms with Gasteiger partial charge < -0.3 is 9.84 Å². The summed E-state index contributed by atoms with van der Waals surface area (Å²) < 4.78 is 6.15. The summed E-state index contributed by atoms with van der Waals surface area (Å²) in [6.45, 7) is 0.219. The van der Waals surface area contributed by atoms with Crippen molar-refractivity contribution in [3.05, 3.63) is 77.9 Å². The second kappa shape index (κ2) is 9.43. The molecule has 0 spiro atoms. The molecular weight excluding hydrogens is 638 g/mol. The molecule has 4 atom stereocenters. The van der Waals surface area contributed by atoms with Crippen molar-refractivity contribution in [2.24, 2.45) is 17.8 Å². The summed E-state index contributed by atoms with van der Waals surface area (Å²) in [5, 5.41) is 13.1. The second-order valence-corrected chi connectivity index (χ2v) is 12.6. The highest BCUT2D eigenvalue weighted by Gasteiger charge is 2.56. The summed E-state index contributed by atoms with van der Waals surface area (Å²) in [4.78, 5) is 56.1. The normalized spacial score (nSPS) is 26.7. The van der Waals surface area contributed by atoms with E-state index in [-0.39, 0.29) is 52.3 Å². The molecule has 6 rings (SSSR count). The lowest BCUT2D eigenvalue weighted by atomic mass is 9.59. The van der Waals surface area contributed by atoms with E-state index in [2.05, 4.69) is 31.9 Å². The Morgan fingerprint density at radius 3 is 2.63 bits per heavy atom. The Bertz CT molecular complexity index is 1520. The number of methoxy groups -OCH3 is 1. The molecule has 1 N–H and O–H groups in total. The van der Waals surface area contributed by atoms with Crippen molar-refractivity contribution in [2.45, 2.75) is 25.3 Å². The fourth-order valence-electron chi connectivity index (χ4n) is 6.31. The molecule has 7 nitrogen and oxygen atoms in total. The van der Waals surface area contributed by atoms with E-state index in [0.29, 0.717) is 27.6 Å². The van der Waals surface area contributed by atoms with Crippen LogP contribution < -0.4 is 4.74 Å². The molecule has 0 saturated carbocycles. The predicted molar refractivity (Wildman–Crippen MR) is 147 cm³/mol. The number of benzene rings is 1. The molecule has 1 saturated heterocycles. The fourth-order valence-corrected chi connectivity index (χ4v) is 7.91. The van der Waals surface area contributed by atoms with Crippen molar-refractivity contribution >= 4 is 66.6 Å². The number of thiophene rings is 1. The topological polar surface area (TPSA) is 101 Å². The van der Waals surface area contributed by atoms with E-state index >= 15 is 0 Å². The van der Waals surface area contributed by atoms with Gasteiger partial charge in [0.1, 0.15) is 0 Å². The molecule has 3 aliphatic carbocycles. The zero-order valence-electron chi connectivity index (χ0n) is 20.1. The number of carbonyl (C=O) groups excluding carboxylic acids is 4. The molecule has 0 unspecified atom stereocenters. The van der Waals surface area contributed by atoms with E-state index in [1.54, 1.807) is 12.1 Å². The highest BCUT2D eigenvalue weighted by Crippen LogP contribution is 2.57. The van der Waals surface area contributed by atoms with Gasteiger partial charge in [-0.05, 0) is 58.3 Å². The van der Waals surface area contributed by atoms with E-state index in [9.17, 15) is 24.3 Å². The lowest BCUT2D eigenvalue weighted by Gasteiger charge is -2.42. The Labute approximate surface area is 239 Å². The van der Waals surface area contributed by atoms with Crippen LogP contribution in [-0.2, 0) is 25.7 Å². The van der Waals surface area contributed by atoms with Crippen molar-refractivity contribution in [1.82, 2.24) is 4.90 Å². The van der Waals surface area contributed by atoms with E-state index < -0.39 is 23.7 Å². The monoisotopic (exact) mass is 657 g/mol. The number of ether oxygens (including phenoxy) is 1. The molecule has 0 radical (unpaired) electrons. The van der Waals surface area contributed by atoms with Crippen LogP contribution >= 0.6 is 43.2 Å². The quantitative estimate of drug-likeness (QED) is 0.276. The van der Waals surface area contributed by atoms with Crippen LogP contribution in [0.25, 0.3) is 0 Å². The first kappa shape index (κ1) is 25.5. The lowest BCUT2D eigenvalue weighted by molar-refractivity contribution is -0.140. The number of hydrogen-bond acceptors (Lipinski definition) is 7. The molecule has 0 bridgehead atoms. The number of hydrogen-bond donors (Lipinski definition) is 1. The zero-order valence-corrected chi connectivity index (χ0v) is 24.1. The van der Waals surface area contributed by atoms with Crippen LogP contribution in [0.5, 0.6) is 11.5 Å². The molecule has 2 aromatic rings. The van der Waals surface area contributed by atoms with Crippen LogP contribution in [-0.4, -0.2) is 40.5 Å². The average Bonchev–Trinajstić information content (AvgIpc) is 3.50. The minimum absolute atomic E-state index is 0.141. The molecule has 1 aliphatic heterocycles. The van der Waals surface area contributed by atoms with Gasteiger partial charge >= 0.3 is 0 Å². The largest absolute Gasteiger partial charge is 0.504 e. The second-order valence-electron chi connectivity index (χ2n) is 9.78. The van der Waals surface area contributed by atoms with Gasteiger partial charge in [-0.2, -0.15) is 0 Å². The molecule has 10 heteroatoms. The fraction of sp³-hybridized carbons (Fsp3) is 0.286. The number of amides is 2. The first-order valence-electron chi connectivity index (χ1n) is 12.0. The third-order valence-corrected chi connectivity index (χ3v) is 9.82. The first-order valence-corrected chi connectivity index (χ1v) is 14.5. The maximum atomic E-state index is 13.8. The Kier molecular flexibility index (Phi) is 6.32. The van der Waals surface area contributed by atoms with Crippen molar-refractivity contribution < 1.29 is 29.0 Å². The highest BCUT2D eigenvalue weighted by molar-refractivity contribution is 9.12. The van der Waals surface area contributed by atoms with Gasteiger partial charge in [0.2, 0.25) is 11.8 Å². The summed E-state index contributed by atoms with van der Waals surface area (Å²) >= 11 is 8.18. The number of carbonyl (C=O) groups is 4. The van der Waals surface area contributed by atoms with Gasteiger partial charge in [0.05, 0.1) is 30.0 Å². The minimum Gasteiger partial charge on any atom is -0.504 e. The van der Waals surface area contributed by atoms with Crippen LogP contribution in [0.1, 0.15) is 29.2 Å². The van der Waals surface area contributed by atoms with Gasteiger partial charge in [0, 0.05) is 38.1 Å². The number of phenols is 1. The number of ketones is 2. The van der Waals surface area contributed by atoms with E-state index in [4.69, 9.17) is 4.74 Å². The van der Waals surface area contributed by atoms with Gasteiger partial charge in [-0.3, -0.25) is 24.1 Å². The number of likely N-dealkylation sites (tertiary alicyclic amines) is 1. The van der Waals surface area contributed by atoms with Crippen LogP contribution in [0.15, 0.2) is 67.5 Å². The summed E-state index contributed by atoms with van der Waals surface area (Å²) in [5.41, 5.74) is 1.78. The van der Waals surface area contributed by atoms with Gasteiger partial charge in [-0.25, -0.2) is 0 Å². The number of imide groups is 1. The molecule has 2 amide bonds. The number of allylic oxidation sites excluding steroid dienone is 6. The van der Waals surface area contributed by atoms with Gasteiger partial charge in [0.25, 0.3) is 0 Å². The van der Waals surface area contributed by atoms with Crippen molar-refractivity contribution in [3.8, 4) is 11.5 Å². The molecule has 1 aromatic carbocycles. The zero-order chi connectivity index (χ0) is 26.9. The van der Waals surface area contributed by atoms with Crippen molar-refractivity contribution in [1.29, 1.82) is 0 Å². The number of halogens is 2. The number of fused-ring (bicyclic) bond motifs is 3. The van der Waals surface area contributed by atoms with Crippen molar-refractivity contribution in [3.63, 3.8) is 0 Å². The van der Waals surface area contributed by atoms with E-state index in [1.807, 2.05) is 23.6 Å². The number of nitrogens with zero attached hydrogens (tertiary/aromatic N) is 1. The van der Waals surface area contributed by atoms with E-state index in [0.717, 1.165) is 10.5 Å². The standard InChI is InChI=1S/C28H21Br2NO6S/c1-37-21-8-12(29)7-17(26(21)34)22-14-4-5-15-23(28(36)31(27(15)35)11-13-3-2-6-38-13)16(14)9-18-24(22)20(32)10-19(30)25(18)33/h2-4,6-8,10,15-16,22-23,34H,5,9,11H2,1H3/t15-,16+,22+,23-/m0/s1. The maximum absolute atomic E-state index is 13.8. The molecular formula is C28H21Br2NO6S. The van der Waals surface area contributed by atoms with Crippen LogP contribution in [0, 0.1) is 17.8 Å². The highest BCUT2D eigenvalue weighted by atomic mass is 79.9. The van der Waals surface area contributed by atoms with Gasteiger partial charge in [-0.15, -0.1) is 11.3 Å². The van der Waals surface area contributed by atoms with Crippen LogP contribution in [0.4, 0.5) is 0 Å². The third-order valence-electron chi connectivity index (χ3n) is 7.92. The Morgan fingerprint density at radius 2 is 1.92 bits per heavy atom. The third kappa shape index (κ3) is 3.79. The van der Waals surface area contributed by atoms with Crippen LogP contribution in [0.2, 0.25) is 0 Å². The Balaban J connectivity index is 1.50. The minimum atomic E-state index is -0.765. The summed E-state index contributed by atoms with van der Waals surface area (Å²) in [7, 11) is 1.43. The molecule has 2 heterocycles. The van der Waals surface area contributed by atoms with E-state index in [1.165, 1.54) is 29.4 Å². The summed E-state index contributed by atoms with van der Waals surface area (Å²) in [6, 6.07) is 7.10. The van der Waals surface area contributed by atoms with Crippen molar-refractivity contribution in [2.75, 3.05) is 7.11 Å². The van der Waals surface area contributed by atoms with Crippen LogP contribution in [0.3, 0.4) is 0 Å². The molecule has 1 aromatic heterocycles. The van der Waals surface area contributed by atoms with Gasteiger partial charge in [0.15, 0.2) is 23.1 Å². The number of rotatable bonds is 4. The lowest BCUT2D eigenvalue weighted by Crippen LogP contribution is -2.39. The molecule has 4 aliphatic rings. The Morgan fingerprint density at radius 1 is 1.13 bits per heavy atom. The number of aromatic hydroxyl groups is 1. The van der Waals surface area contributed by atoms with Gasteiger partial charge in [-0.1, -0.05) is 33.6 Å². The first-order chi connectivity index (χ1) is 18.2. The molecule has 194 valence electrons. The predicted octanol–water partition coefficient (Wildman–Crippen LogP) is 5.19.